The number of hydrogen-bond donors (Lipinski definition) is 1. The van der Waals surface area contributed by atoms with Crippen molar-refractivity contribution in [3.63, 3.8) is 0 Å². The topological polar surface area (TPSA) is 12.0 Å². The Kier molecular flexibility index (Phi) is 4.45. The van der Waals surface area contributed by atoms with Crippen LogP contribution in [-0.4, -0.2) is 6.54 Å². The number of halogens is 2. The second-order valence-electron chi connectivity index (χ2n) is 2.81. The molecule has 0 bridgehead atoms. The highest BCUT2D eigenvalue weighted by Crippen LogP contribution is 2.13. The van der Waals surface area contributed by atoms with Crippen molar-refractivity contribution in [3.8, 4) is 11.8 Å². The Morgan fingerprint density at radius 2 is 2.21 bits per heavy atom. The van der Waals surface area contributed by atoms with E-state index >= 15 is 0 Å². The van der Waals surface area contributed by atoms with Gasteiger partial charge < -0.3 is 5.32 Å². The Morgan fingerprint density at radius 3 is 2.86 bits per heavy atom. The van der Waals surface area contributed by atoms with E-state index in [0.717, 1.165) is 5.56 Å². The maximum Gasteiger partial charge on any atom is 0.125 e. The molecule has 0 aliphatic rings. The summed E-state index contributed by atoms with van der Waals surface area (Å²) < 4.78 is 12.9. The molecular weight excluding hydrogens is 201 g/mol. The van der Waals surface area contributed by atoms with Crippen LogP contribution in [0.4, 0.5) is 4.39 Å². The molecule has 0 saturated heterocycles. The van der Waals surface area contributed by atoms with Crippen LogP contribution in [0.25, 0.3) is 0 Å². The monoisotopic (exact) mass is 211 g/mol. The smallest absolute Gasteiger partial charge is 0.125 e. The number of rotatable bonds is 3. The minimum atomic E-state index is -0.309. The summed E-state index contributed by atoms with van der Waals surface area (Å²) in [5.74, 6) is 5.31. The van der Waals surface area contributed by atoms with Gasteiger partial charge in [-0.1, -0.05) is 17.5 Å². The fourth-order valence-electron chi connectivity index (χ4n) is 1.07. The normalized spacial score (nSPS) is 9.36. The van der Waals surface area contributed by atoms with Crippen LogP contribution in [0.2, 0.25) is 5.02 Å². The van der Waals surface area contributed by atoms with Gasteiger partial charge in [-0.3, -0.25) is 0 Å². The van der Waals surface area contributed by atoms with E-state index in [1.165, 1.54) is 12.1 Å². The van der Waals surface area contributed by atoms with Crippen LogP contribution >= 0.6 is 11.6 Å². The Balaban J connectivity index is 2.53. The zero-order chi connectivity index (χ0) is 10.4. The van der Waals surface area contributed by atoms with Gasteiger partial charge in [0.2, 0.25) is 0 Å². The van der Waals surface area contributed by atoms with Crippen molar-refractivity contribution in [2.24, 2.45) is 0 Å². The lowest BCUT2D eigenvalue weighted by Crippen LogP contribution is -2.13. The molecule has 0 aliphatic carbocycles. The molecule has 0 atom stereocenters. The summed E-state index contributed by atoms with van der Waals surface area (Å²) in [6.45, 7) is 2.96. The molecule has 0 saturated carbocycles. The van der Waals surface area contributed by atoms with Gasteiger partial charge in [-0.15, -0.1) is 5.92 Å². The van der Waals surface area contributed by atoms with Crippen molar-refractivity contribution in [1.29, 1.82) is 0 Å². The zero-order valence-electron chi connectivity index (χ0n) is 7.90. The van der Waals surface area contributed by atoms with Gasteiger partial charge in [0.25, 0.3) is 0 Å². The molecule has 0 amide bonds. The third-order valence-electron chi connectivity index (χ3n) is 1.64. The molecule has 1 nitrogen and oxygen atoms in total. The van der Waals surface area contributed by atoms with E-state index in [1.807, 2.05) is 0 Å². The third kappa shape index (κ3) is 3.78. The highest BCUT2D eigenvalue weighted by atomic mass is 35.5. The van der Waals surface area contributed by atoms with Crippen molar-refractivity contribution in [1.82, 2.24) is 5.32 Å². The largest absolute Gasteiger partial charge is 0.302 e. The third-order valence-corrected chi connectivity index (χ3v) is 1.86. The molecule has 1 aromatic carbocycles. The van der Waals surface area contributed by atoms with Crippen LogP contribution in [0.3, 0.4) is 0 Å². The minimum Gasteiger partial charge on any atom is -0.302 e. The molecule has 1 aromatic rings. The maximum atomic E-state index is 12.9. The quantitative estimate of drug-likeness (QED) is 0.599. The first-order valence-electron chi connectivity index (χ1n) is 4.27. The standard InChI is InChI=1S/C11H11ClFN/c1-2-3-4-14-8-9-5-10(12)7-11(13)6-9/h5-7,14H,4,8H2,1H3. The SMILES string of the molecule is CC#CCNCc1cc(F)cc(Cl)c1. The molecule has 0 heterocycles. The summed E-state index contributed by atoms with van der Waals surface area (Å²) in [7, 11) is 0. The van der Waals surface area contributed by atoms with Gasteiger partial charge >= 0.3 is 0 Å². The van der Waals surface area contributed by atoms with E-state index in [2.05, 4.69) is 17.2 Å². The summed E-state index contributed by atoms with van der Waals surface area (Å²) in [6.07, 6.45) is 0. The highest BCUT2D eigenvalue weighted by molar-refractivity contribution is 6.30. The zero-order valence-corrected chi connectivity index (χ0v) is 8.66. The molecule has 3 heteroatoms. The Labute approximate surface area is 88.3 Å². The summed E-state index contributed by atoms with van der Waals surface area (Å²) in [4.78, 5) is 0. The van der Waals surface area contributed by atoms with Gasteiger partial charge in [0.05, 0.1) is 6.54 Å². The Morgan fingerprint density at radius 1 is 1.43 bits per heavy atom. The second-order valence-corrected chi connectivity index (χ2v) is 3.24. The molecule has 14 heavy (non-hydrogen) atoms. The fourth-order valence-corrected chi connectivity index (χ4v) is 1.32. The predicted octanol–water partition coefficient (Wildman–Crippen LogP) is 2.59. The van der Waals surface area contributed by atoms with Crippen LogP contribution in [0.1, 0.15) is 12.5 Å². The molecule has 1 rings (SSSR count). The maximum absolute atomic E-state index is 12.9. The van der Waals surface area contributed by atoms with Crippen molar-refractivity contribution in [2.45, 2.75) is 13.5 Å². The molecule has 0 spiro atoms. The molecule has 1 N–H and O–H groups in total. The van der Waals surface area contributed by atoms with Gasteiger partial charge in [0.15, 0.2) is 0 Å². The lowest BCUT2D eigenvalue weighted by Gasteiger charge is -2.02. The van der Waals surface area contributed by atoms with Crippen molar-refractivity contribution in [2.75, 3.05) is 6.54 Å². The molecular formula is C11H11ClFN. The van der Waals surface area contributed by atoms with E-state index in [9.17, 15) is 4.39 Å². The minimum absolute atomic E-state index is 0.309. The van der Waals surface area contributed by atoms with E-state index < -0.39 is 0 Å². The molecule has 0 aliphatic heterocycles. The van der Waals surface area contributed by atoms with Crippen LogP contribution in [0.5, 0.6) is 0 Å². The Hall–Kier alpha value is -1.04. The summed E-state index contributed by atoms with van der Waals surface area (Å²) in [6, 6.07) is 4.48. The van der Waals surface area contributed by atoms with Gasteiger partial charge in [-0.05, 0) is 30.7 Å². The van der Waals surface area contributed by atoms with Gasteiger partial charge in [0.1, 0.15) is 5.82 Å². The lowest BCUT2D eigenvalue weighted by atomic mass is 10.2. The number of benzene rings is 1. The van der Waals surface area contributed by atoms with Crippen LogP contribution in [0.15, 0.2) is 18.2 Å². The average Bonchev–Trinajstić information content (AvgIpc) is 2.11. The number of nitrogens with one attached hydrogen (secondary N) is 1. The van der Waals surface area contributed by atoms with E-state index in [4.69, 9.17) is 11.6 Å². The summed E-state index contributed by atoms with van der Waals surface area (Å²) in [5.41, 5.74) is 0.827. The second kappa shape index (κ2) is 5.64. The van der Waals surface area contributed by atoms with Crippen LogP contribution < -0.4 is 5.32 Å². The average molecular weight is 212 g/mol. The highest BCUT2D eigenvalue weighted by Gasteiger charge is 1.97. The van der Waals surface area contributed by atoms with Crippen LogP contribution in [-0.2, 0) is 6.54 Å². The predicted molar refractivity (Wildman–Crippen MR) is 56.6 cm³/mol. The molecule has 0 fully saturated rings. The number of hydrogen-bond acceptors (Lipinski definition) is 1. The fraction of sp³-hybridized carbons (Fsp3) is 0.273. The van der Waals surface area contributed by atoms with E-state index in [-0.39, 0.29) is 5.82 Å². The van der Waals surface area contributed by atoms with E-state index in [1.54, 1.807) is 13.0 Å². The molecule has 0 aromatic heterocycles. The first kappa shape index (κ1) is 11.0. The van der Waals surface area contributed by atoms with Gasteiger partial charge in [0, 0.05) is 11.6 Å². The van der Waals surface area contributed by atoms with E-state index in [0.29, 0.717) is 18.1 Å². The van der Waals surface area contributed by atoms with Gasteiger partial charge in [-0.2, -0.15) is 0 Å². The van der Waals surface area contributed by atoms with Crippen molar-refractivity contribution >= 4 is 11.6 Å². The molecule has 0 unspecified atom stereocenters. The van der Waals surface area contributed by atoms with Crippen LogP contribution in [0, 0.1) is 17.7 Å². The first-order chi connectivity index (χ1) is 6.72. The summed E-state index contributed by atoms with van der Waals surface area (Å²) >= 11 is 5.69. The molecule has 74 valence electrons. The van der Waals surface area contributed by atoms with Crippen molar-refractivity contribution in [3.05, 3.63) is 34.6 Å². The van der Waals surface area contributed by atoms with Gasteiger partial charge in [-0.25, -0.2) is 4.39 Å². The molecule has 0 radical (unpaired) electrons. The first-order valence-corrected chi connectivity index (χ1v) is 4.65. The lowest BCUT2D eigenvalue weighted by molar-refractivity contribution is 0.623. The van der Waals surface area contributed by atoms with Crippen molar-refractivity contribution < 1.29 is 4.39 Å². The Bertz CT molecular complexity index is 345. The summed E-state index contributed by atoms with van der Waals surface area (Å²) in [5, 5.41) is 3.48.